The molecule has 68 valence electrons. The average Bonchev–Trinajstić information content (AvgIpc) is 2.57. The van der Waals surface area contributed by atoms with Crippen molar-refractivity contribution in [1.29, 1.82) is 0 Å². The lowest BCUT2D eigenvalue weighted by Gasteiger charge is -2.26. The van der Waals surface area contributed by atoms with E-state index in [1.54, 1.807) is 0 Å². The first-order chi connectivity index (χ1) is 5.88. The molecule has 0 aliphatic carbocycles. The highest BCUT2D eigenvalue weighted by atomic mass is 16.1. The summed E-state index contributed by atoms with van der Waals surface area (Å²) in [6, 6.07) is 0. The molecule has 2 heterocycles. The van der Waals surface area contributed by atoms with Crippen LogP contribution in [0.5, 0.6) is 0 Å². The molecule has 2 N–H and O–H groups in total. The number of piperidine rings is 1. The highest BCUT2D eigenvalue weighted by Crippen LogP contribution is 2.25. The van der Waals surface area contributed by atoms with Gasteiger partial charge in [0.2, 0.25) is 5.91 Å². The van der Waals surface area contributed by atoms with Gasteiger partial charge in [-0.25, -0.2) is 0 Å². The van der Waals surface area contributed by atoms with E-state index < -0.39 is 0 Å². The van der Waals surface area contributed by atoms with Gasteiger partial charge < -0.3 is 10.6 Å². The van der Waals surface area contributed by atoms with Gasteiger partial charge in [-0.3, -0.25) is 4.79 Å². The lowest BCUT2D eigenvalue weighted by atomic mass is 9.85. The van der Waals surface area contributed by atoms with Crippen molar-refractivity contribution in [2.75, 3.05) is 19.6 Å². The van der Waals surface area contributed by atoms with E-state index in [0.29, 0.717) is 11.8 Å². The third-order valence-corrected chi connectivity index (χ3v) is 3.00. The molecule has 2 atom stereocenters. The van der Waals surface area contributed by atoms with Crippen LogP contribution in [0, 0.1) is 11.8 Å². The summed E-state index contributed by atoms with van der Waals surface area (Å²) in [7, 11) is 0. The Labute approximate surface area is 72.9 Å². The van der Waals surface area contributed by atoms with Crippen molar-refractivity contribution < 1.29 is 4.79 Å². The Bertz CT molecular complexity index is 175. The third kappa shape index (κ3) is 1.46. The first-order valence-corrected chi connectivity index (χ1v) is 4.86. The van der Waals surface area contributed by atoms with Gasteiger partial charge in [-0.2, -0.15) is 0 Å². The lowest BCUT2D eigenvalue weighted by molar-refractivity contribution is -0.128. The number of hydrogen-bond acceptors (Lipinski definition) is 2. The van der Waals surface area contributed by atoms with Crippen LogP contribution in [0.25, 0.3) is 0 Å². The van der Waals surface area contributed by atoms with E-state index in [1.807, 2.05) is 0 Å². The molecule has 3 nitrogen and oxygen atoms in total. The molecule has 0 radical (unpaired) electrons. The van der Waals surface area contributed by atoms with Crippen LogP contribution >= 0.6 is 0 Å². The summed E-state index contributed by atoms with van der Waals surface area (Å²) in [6.07, 6.45) is 3.43. The Hall–Kier alpha value is -0.570. The van der Waals surface area contributed by atoms with Crippen molar-refractivity contribution in [3.05, 3.63) is 0 Å². The standard InChI is InChI=1S/C9H16N2O/c12-9-8(2-1-4-11-9)7-3-5-10-6-7/h7-8,10H,1-6H2,(H,11,12). The van der Waals surface area contributed by atoms with Gasteiger partial charge in [-0.05, 0) is 38.3 Å². The van der Waals surface area contributed by atoms with E-state index in [4.69, 9.17) is 0 Å². The third-order valence-electron chi connectivity index (χ3n) is 3.00. The van der Waals surface area contributed by atoms with Crippen LogP contribution in [0.15, 0.2) is 0 Å². The number of hydrogen-bond donors (Lipinski definition) is 2. The normalized spacial score (nSPS) is 36.5. The molecule has 12 heavy (non-hydrogen) atoms. The molecule has 1 amide bonds. The van der Waals surface area contributed by atoms with Crippen LogP contribution in [-0.2, 0) is 4.79 Å². The maximum absolute atomic E-state index is 11.4. The van der Waals surface area contributed by atoms with Crippen LogP contribution in [0.4, 0.5) is 0 Å². The summed E-state index contributed by atoms with van der Waals surface area (Å²) in [5.41, 5.74) is 0. The largest absolute Gasteiger partial charge is 0.356 e. The molecular weight excluding hydrogens is 152 g/mol. The monoisotopic (exact) mass is 168 g/mol. The fourth-order valence-corrected chi connectivity index (χ4v) is 2.27. The quantitative estimate of drug-likeness (QED) is 0.584. The molecule has 2 aliphatic heterocycles. The van der Waals surface area contributed by atoms with E-state index in [1.165, 1.54) is 6.42 Å². The molecule has 0 aromatic rings. The number of rotatable bonds is 1. The Kier molecular flexibility index (Phi) is 2.30. The highest BCUT2D eigenvalue weighted by molar-refractivity contribution is 5.79. The maximum Gasteiger partial charge on any atom is 0.223 e. The van der Waals surface area contributed by atoms with Gasteiger partial charge in [0.1, 0.15) is 0 Å². The second-order valence-electron chi connectivity index (χ2n) is 3.79. The minimum absolute atomic E-state index is 0.287. The van der Waals surface area contributed by atoms with Crippen LogP contribution in [0.1, 0.15) is 19.3 Å². The van der Waals surface area contributed by atoms with Gasteiger partial charge in [0, 0.05) is 12.5 Å². The van der Waals surface area contributed by atoms with E-state index in [9.17, 15) is 4.79 Å². The first-order valence-electron chi connectivity index (χ1n) is 4.86. The molecule has 0 aromatic carbocycles. The zero-order valence-corrected chi connectivity index (χ0v) is 7.31. The van der Waals surface area contributed by atoms with Gasteiger partial charge in [0.25, 0.3) is 0 Å². The molecular formula is C9H16N2O. The number of nitrogens with one attached hydrogen (secondary N) is 2. The summed E-state index contributed by atoms with van der Waals surface area (Å²) in [6.45, 7) is 3.02. The Morgan fingerprint density at radius 2 is 2.17 bits per heavy atom. The lowest BCUT2D eigenvalue weighted by Crippen LogP contribution is -2.40. The Balaban J connectivity index is 1.95. The van der Waals surface area contributed by atoms with E-state index in [-0.39, 0.29) is 5.91 Å². The van der Waals surface area contributed by atoms with Crippen molar-refractivity contribution in [3.8, 4) is 0 Å². The molecule has 0 spiro atoms. The van der Waals surface area contributed by atoms with Gasteiger partial charge in [0.05, 0.1) is 0 Å². The second-order valence-corrected chi connectivity index (χ2v) is 3.79. The summed E-state index contributed by atoms with van der Waals surface area (Å²) >= 11 is 0. The number of carbonyl (C=O) groups excluding carboxylic acids is 1. The minimum Gasteiger partial charge on any atom is -0.356 e. The minimum atomic E-state index is 0.287. The molecule has 3 heteroatoms. The van der Waals surface area contributed by atoms with Crippen LogP contribution in [0.2, 0.25) is 0 Å². The van der Waals surface area contributed by atoms with Crippen LogP contribution in [0.3, 0.4) is 0 Å². The summed E-state index contributed by atoms with van der Waals surface area (Å²) in [4.78, 5) is 11.4. The van der Waals surface area contributed by atoms with Crippen molar-refractivity contribution in [1.82, 2.24) is 10.6 Å². The number of amides is 1. The Morgan fingerprint density at radius 1 is 1.25 bits per heavy atom. The molecule has 2 unspecified atom stereocenters. The van der Waals surface area contributed by atoms with Gasteiger partial charge in [0.15, 0.2) is 0 Å². The van der Waals surface area contributed by atoms with Crippen LogP contribution < -0.4 is 10.6 Å². The smallest absolute Gasteiger partial charge is 0.223 e. The molecule has 0 saturated carbocycles. The Morgan fingerprint density at radius 3 is 2.83 bits per heavy atom. The van der Waals surface area contributed by atoms with Crippen LogP contribution in [-0.4, -0.2) is 25.5 Å². The van der Waals surface area contributed by atoms with Crippen molar-refractivity contribution in [2.45, 2.75) is 19.3 Å². The average molecular weight is 168 g/mol. The predicted molar refractivity (Wildman–Crippen MR) is 46.7 cm³/mol. The zero-order chi connectivity index (χ0) is 8.39. The molecule has 2 fully saturated rings. The van der Waals surface area contributed by atoms with Gasteiger partial charge >= 0.3 is 0 Å². The molecule has 2 saturated heterocycles. The van der Waals surface area contributed by atoms with Gasteiger partial charge in [-0.15, -0.1) is 0 Å². The molecule has 0 bridgehead atoms. The fraction of sp³-hybridized carbons (Fsp3) is 0.889. The second kappa shape index (κ2) is 3.44. The van der Waals surface area contributed by atoms with Crippen molar-refractivity contribution in [2.24, 2.45) is 11.8 Å². The van der Waals surface area contributed by atoms with Crippen molar-refractivity contribution in [3.63, 3.8) is 0 Å². The van der Waals surface area contributed by atoms with E-state index >= 15 is 0 Å². The first kappa shape index (κ1) is 8.05. The fourth-order valence-electron chi connectivity index (χ4n) is 2.27. The summed E-state index contributed by atoms with van der Waals surface area (Å²) in [5, 5.41) is 6.25. The molecule has 2 aliphatic rings. The van der Waals surface area contributed by atoms with E-state index in [0.717, 1.165) is 32.5 Å². The molecule has 2 rings (SSSR count). The van der Waals surface area contributed by atoms with Gasteiger partial charge in [-0.1, -0.05) is 0 Å². The molecule has 0 aromatic heterocycles. The summed E-state index contributed by atoms with van der Waals surface area (Å²) in [5.74, 6) is 1.19. The highest BCUT2D eigenvalue weighted by Gasteiger charge is 2.31. The zero-order valence-electron chi connectivity index (χ0n) is 7.31. The van der Waals surface area contributed by atoms with E-state index in [2.05, 4.69) is 10.6 Å². The predicted octanol–water partition coefficient (Wildman–Crippen LogP) is 0.122. The topological polar surface area (TPSA) is 41.1 Å². The summed E-state index contributed by atoms with van der Waals surface area (Å²) < 4.78 is 0. The SMILES string of the molecule is O=C1NCCCC1C1CCNC1. The van der Waals surface area contributed by atoms with Crippen molar-refractivity contribution >= 4 is 5.91 Å². The maximum atomic E-state index is 11.4. The number of carbonyl (C=O) groups is 1.